The first-order valence-corrected chi connectivity index (χ1v) is 5.95. The van der Waals surface area contributed by atoms with Crippen molar-refractivity contribution in [3.05, 3.63) is 53.7 Å². The maximum atomic E-state index is 13.3. The molecule has 19 heavy (non-hydrogen) atoms. The van der Waals surface area contributed by atoms with Crippen molar-refractivity contribution >= 4 is 11.6 Å². The predicted octanol–water partition coefficient (Wildman–Crippen LogP) is 2.36. The van der Waals surface area contributed by atoms with E-state index in [1.807, 2.05) is 13.0 Å². The van der Waals surface area contributed by atoms with Crippen molar-refractivity contribution in [3.63, 3.8) is 0 Å². The summed E-state index contributed by atoms with van der Waals surface area (Å²) in [5, 5.41) is 2.76. The van der Waals surface area contributed by atoms with Gasteiger partial charge in [0.2, 0.25) is 0 Å². The van der Waals surface area contributed by atoms with Crippen molar-refractivity contribution in [3.8, 4) is 0 Å². The van der Waals surface area contributed by atoms with Crippen molar-refractivity contribution in [2.75, 3.05) is 5.73 Å². The van der Waals surface area contributed by atoms with E-state index < -0.39 is 11.7 Å². The van der Waals surface area contributed by atoms with Crippen molar-refractivity contribution in [1.82, 2.24) is 5.32 Å². The van der Waals surface area contributed by atoms with E-state index in [0.717, 1.165) is 5.76 Å². The molecule has 0 aliphatic rings. The molecule has 0 spiro atoms. The Labute approximate surface area is 110 Å². The van der Waals surface area contributed by atoms with Gasteiger partial charge in [0, 0.05) is 12.5 Å². The van der Waals surface area contributed by atoms with Gasteiger partial charge in [0.25, 0.3) is 5.91 Å². The smallest absolute Gasteiger partial charge is 0.253 e. The zero-order valence-corrected chi connectivity index (χ0v) is 10.5. The highest BCUT2D eigenvalue weighted by Gasteiger charge is 2.15. The molecule has 5 heteroatoms. The van der Waals surface area contributed by atoms with Crippen LogP contribution in [-0.2, 0) is 6.42 Å². The third-order valence-electron chi connectivity index (χ3n) is 2.76. The van der Waals surface area contributed by atoms with Crippen LogP contribution in [0.4, 0.5) is 10.1 Å². The molecule has 2 rings (SSSR count). The Morgan fingerprint density at radius 2 is 2.21 bits per heavy atom. The monoisotopic (exact) mass is 262 g/mol. The maximum absolute atomic E-state index is 13.3. The predicted molar refractivity (Wildman–Crippen MR) is 70.2 cm³/mol. The minimum Gasteiger partial charge on any atom is -0.469 e. The zero-order chi connectivity index (χ0) is 13.8. The van der Waals surface area contributed by atoms with Crippen LogP contribution in [0.15, 0.2) is 41.0 Å². The van der Waals surface area contributed by atoms with Crippen LogP contribution in [0.25, 0.3) is 0 Å². The summed E-state index contributed by atoms with van der Waals surface area (Å²) in [6.45, 7) is 1.84. The second kappa shape index (κ2) is 5.56. The van der Waals surface area contributed by atoms with Crippen LogP contribution in [0.1, 0.15) is 23.0 Å². The van der Waals surface area contributed by atoms with Gasteiger partial charge in [-0.05, 0) is 31.2 Å². The van der Waals surface area contributed by atoms with Gasteiger partial charge in [0.05, 0.1) is 17.5 Å². The van der Waals surface area contributed by atoms with Crippen molar-refractivity contribution in [2.45, 2.75) is 19.4 Å². The Bertz CT molecular complexity index is 567. The molecule has 0 aliphatic carbocycles. The van der Waals surface area contributed by atoms with Crippen LogP contribution in [0.2, 0.25) is 0 Å². The van der Waals surface area contributed by atoms with Crippen molar-refractivity contribution in [2.24, 2.45) is 0 Å². The quantitative estimate of drug-likeness (QED) is 0.831. The highest BCUT2D eigenvalue weighted by molar-refractivity contribution is 5.99. The minimum absolute atomic E-state index is 0.134. The van der Waals surface area contributed by atoms with E-state index >= 15 is 0 Å². The molecule has 0 aliphatic heterocycles. The van der Waals surface area contributed by atoms with Gasteiger partial charge in [-0.15, -0.1) is 0 Å². The number of nitrogens with two attached hydrogens (primary N) is 1. The number of nitrogens with one attached hydrogen (secondary N) is 1. The summed E-state index contributed by atoms with van der Waals surface area (Å²) < 4.78 is 18.5. The van der Waals surface area contributed by atoms with Gasteiger partial charge in [-0.2, -0.15) is 0 Å². The van der Waals surface area contributed by atoms with Gasteiger partial charge in [-0.25, -0.2) is 4.39 Å². The summed E-state index contributed by atoms with van der Waals surface area (Å²) in [6.07, 6.45) is 2.14. The first kappa shape index (κ1) is 13.1. The Morgan fingerprint density at radius 1 is 1.42 bits per heavy atom. The fraction of sp³-hybridized carbons (Fsp3) is 0.214. The molecule has 1 unspecified atom stereocenters. The summed E-state index contributed by atoms with van der Waals surface area (Å²) in [6, 6.07) is 7.65. The number of halogens is 1. The normalized spacial score (nSPS) is 12.1. The number of benzene rings is 1. The average molecular weight is 262 g/mol. The number of furan rings is 1. The molecule has 3 N–H and O–H groups in total. The van der Waals surface area contributed by atoms with E-state index in [1.165, 1.54) is 18.2 Å². The molecule has 1 amide bonds. The zero-order valence-electron chi connectivity index (χ0n) is 10.5. The number of rotatable bonds is 4. The number of carbonyl (C=O) groups excluding carboxylic acids is 1. The van der Waals surface area contributed by atoms with Gasteiger partial charge in [-0.3, -0.25) is 4.79 Å². The van der Waals surface area contributed by atoms with Crippen LogP contribution < -0.4 is 11.1 Å². The molecule has 100 valence electrons. The number of nitrogen functional groups attached to an aromatic ring is 1. The van der Waals surface area contributed by atoms with Gasteiger partial charge < -0.3 is 15.5 Å². The van der Waals surface area contributed by atoms with Crippen LogP contribution in [0.5, 0.6) is 0 Å². The summed E-state index contributed by atoms with van der Waals surface area (Å²) in [5.74, 6) is -0.206. The molecule has 0 radical (unpaired) electrons. The van der Waals surface area contributed by atoms with Crippen LogP contribution >= 0.6 is 0 Å². The van der Waals surface area contributed by atoms with E-state index in [9.17, 15) is 9.18 Å². The van der Waals surface area contributed by atoms with Crippen LogP contribution in [0.3, 0.4) is 0 Å². The van der Waals surface area contributed by atoms with Gasteiger partial charge >= 0.3 is 0 Å². The molecular weight excluding hydrogens is 247 g/mol. The van der Waals surface area contributed by atoms with E-state index in [0.29, 0.717) is 6.42 Å². The summed E-state index contributed by atoms with van der Waals surface area (Å²) >= 11 is 0. The van der Waals surface area contributed by atoms with Crippen molar-refractivity contribution < 1.29 is 13.6 Å². The average Bonchev–Trinajstić information content (AvgIpc) is 2.85. The number of amides is 1. The number of hydrogen-bond donors (Lipinski definition) is 2. The Morgan fingerprint density at radius 3 is 2.89 bits per heavy atom. The number of anilines is 1. The molecule has 1 aromatic heterocycles. The number of para-hydroxylation sites is 1. The molecule has 0 fully saturated rings. The molecule has 0 saturated heterocycles. The second-order valence-electron chi connectivity index (χ2n) is 4.36. The fourth-order valence-electron chi connectivity index (χ4n) is 1.82. The number of hydrogen-bond acceptors (Lipinski definition) is 3. The van der Waals surface area contributed by atoms with Gasteiger partial charge in [-0.1, -0.05) is 6.07 Å². The van der Waals surface area contributed by atoms with Crippen molar-refractivity contribution in [1.29, 1.82) is 0 Å². The molecular formula is C14H15FN2O2. The van der Waals surface area contributed by atoms with Crippen LogP contribution in [0, 0.1) is 5.82 Å². The lowest BCUT2D eigenvalue weighted by Crippen LogP contribution is -2.34. The Balaban J connectivity index is 2.02. The lowest BCUT2D eigenvalue weighted by atomic mass is 10.1. The first-order valence-electron chi connectivity index (χ1n) is 5.95. The third-order valence-corrected chi connectivity index (χ3v) is 2.76. The lowest BCUT2D eigenvalue weighted by Gasteiger charge is -2.13. The lowest BCUT2D eigenvalue weighted by molar-refractivity contribution is 0.0940. The number of carbonyl (C=O) groups is 1. The second-order valence-corrected chi connectivity index (χ2v) is 4.36. The maximum Gasteiger partial charge on any atom is 0.253 e. The first-order chi connectivity index (χ1) is 9.08. The highest BCUT2D eigenvalue weighted by Crippen LogP contribution is 2.16. The molecule has 2 aromatic rings. The summed E-state index contributed by atoms with van der Waals surface area (Å²) in [7, 11) is 0. The molecule has 1 aromatic carbocycles. The molecule has 0 saturated carbocycles. The van der Waals surface area contributed by atoms with Gasteiger partial charge in [0.1, 0.15) is 11.6 Å². The molecule has 0 bridgehead atoms. The highest BCUT2D eigenvalue weighted by atomic mass is 19.1. The molecule has 4 nitrogen and oxygen atoms in total. The Hall–Kier alpha value is -2.30. The molecule has 1 atom stereocenters. The largest absolute Gasteiger partial charge is 0.469 e. The topological polar surface area (TPSA) is 68.3 Å². The van der Waals surface area contributed by atoms with E-state index in [-0.39, 0.29) is 17.3 Å². The Kier molecular flexibility index (Phi) is 3.85. The SMILES string of the molecule is CC(Cc1ccco1)NC(=O)c1cccc(F)c1N. The van der Waals surface area contributed by atoms with Crippen LogP contribution in [-0.4, -0.2) is 11.9 Å². The fourth-order valence-corrected chi connectivity index (χ4v) is 1.82. The van der Waals surface area contributed by atoms with Gasteiger partial charge in [0.15, 0.2) is 0 Å². The summed E-state index contributed by atoms with van der Waals surface area (Å²) in [5.41, 5.74) is 5.55. The minimum atomic E-state index is -0.591. The summed E-state index contributed by atoms with van der Waals surface area (Å²) in [4.78, 5) is 12.0. The standard InChI is InChI=1S/C14H15FN2O2/c1-9(8-10-4-3-7-19-10)17-14(18)11-5-2-6-12(15)13(11)16/h2-7,9H,8,16H2,1H3,(H,17,18). The molecule has 1 heterocycles. The van der Waals surface area contributed by atoms with E-state index in [4.69, 9.17) is 10.2 Å². The van der Waals surface area contributed by atoms with E-state index in [1.54, 1.807) is 12.3 Å². The van der Waals surface area contributed by atoms with E-state index in [2.05, 4.69) is 5.32 Å². The third kappa shape index (κ3) is 3.13.